The minimum atomic E-state index is -1.17. The molecule has 0 spiro atoms. The van der Waals surface area contributed by atoms with E-state index in [2.05, 4.69) is 4.90 Å². The van der Waals surface area contributed by atoms with Crippen LogP contribution >= 0.6 is 0 Å². The second-order valence-electron chi connectivity index (χ2n) is 16.3. The highest BCUT2D eigenvalue weighted by Crippen LogP contribution is 2.38. The summed E-state index contributed by atoms with van der Waals surface area (Å²) in [6.45, 7) is 14.7. The molecule has 0 aliphatic carbocycles. The van der Waals surface area contributed by atoms with E-state index in [1.54, 1.807) is 36.1 Å². The molecule has 4 heterocycles. The largest absolute Gasteiger partial charge is 0.457 e. The predicted molar refractivity (Wildman–Crippen MR) is 211 cm³/mol. The first-order valence-electron chi connectivity index (χ1n) is 20.3. The number of aliphatic hydroxyl groups is 3. The van der Waals surface area contributed by atoms with Crippen molar-refractivity contribution in [2.24, 2.45) is 11.8 Å². The molecule has 0 aromatic rings. The number of rotatable bonds is 16. The van der Waals surface area contributed by atoms with Crippen LogP contribution in [0.1, 0.15) is 73.6 Å². The molecule has 0 radical (unpaired) electrons. The van der Waals surface area contributed by atoms with E-state index in [4.69, 9.17) is 23.7 Å². The number of carbonyl (C=O) groups is 4. The molecule has 3 amide bonds. The van der Waals surface area contributed by atoms with Crippen LogP contribution in [0.3, 0.4) is 0 Å². The van der Waals surface area contributed by atoms with Crippen LogP contribution in [0.5, 0.6) is 0 Å². The Balaban J connectivity index is 1.36. The van der Waals surface area contributed by atoms with Crippen molar-refractivity contribution in [1.29, 1.82) is 0 Å². The van der Waals surface area contributed by atoms with Gasteiger partial charge in [-0.15, -0.1) is 0 Å². The molecule has 0 saturated carbocycles. The number of carbonyl (C=O) groups excluding carboxylic acids is 4. The Morgan fingerprint density at radius 3 is 2.42 bits per heavy atom. The normalized spacial score (nSPS) is 32.0. The van der Waals surface area contributed by atoms with Gasteiger partial charge in [-0.3, -0.25) is 24.2 Å². The smallest absolute Gasteiger partial charge is 0.410 e. The molecule has 0 bridgehead atoms. The number of aliphatic hydroxyl groups excluding tert-OH is 2. The fourth-order valence-corrected chi connectivity index (χ4v) is 7.45. The SMILES string of the molecule is CC[C@H](O)[C@@H](C)[C@@H]1O[C@H]1C[C@@](C)(O)/C=C/C=C(\C)[C@H]1OC(=O)C[C@H](O)CC[C@@](C)(OC)[C@H](OC(=O)N2CCN(CCOCCN3C(=O)C=CC3=O)CC2)/C=C/[C@@H]1C. The molecule has 0 aromatic heterocycles. The van der Waals surface area contributed by atoms with Crippen LogP contribution in [0.4, 0.5) is 4.79 Å². The Kier molecular flexibility index (Phi) is 17.0. The average Bonchev–Trinajstić information content (AvgIpc) is 3.86. The van der Waals surface area contributed by atoms with E-state index in [1.807, 2.05) is 40.7 Å². The zero-order valence-electron chi connectivity index (χ0n) is 34.7. The zero-order chi connectivity index (χ0) is 41.9. The summed E-state index contributed by atoms with van der Waals surface area (Å²) in [6, 6.07) is 0. The molecular formula is C42H65N3O12. The first-order valence-corrected chi connectivity index (χ1v) is 20.3. The minimum absolute atomic E-state index is 0.0243. The monoisotopic (exact) mass is 803 g/mol. The fourth-order valence-electron chi connectivity index (χ4n) is 7.45. The van der Waals surface area contributed by atoms with Crippen molar-refractivity contribution < 1.29 is 58.2 Å². The van der Waals surface area contributed by atoms with Crippen LogP contribution in [-0.4, -0.2) is 161 Å². The van der Waals surface area contributed by atoms with Crippen LogP contribution in [0.15, 0.2) is 48.1 Å². The van der Waals surface area contributed by atoms with Crippen molar-refractivity contribution in [3.63, 3.8) is 0 Å². The van der Waals surface area contributed by atoms with E-state index in [0.717, 1.165) is 4.90 Å². The number of epoxide rings is 1. The van der Waals surface area contributed by atoms with E-state index < -0.39 is 47.7 Å². The Bertz CT molecular complexity index is 1490. The van der Waals surface area contributed by atoms with Crippen LogP contribution in [0.2, 0.25) is 0 Å². The number of hydrogen-bond acceptors (Lipinski definition) is 13. The standard InChI is InChI=1S/C42H65N3O12/c1-8-32(47)30(4)39-33(55-39)27-41(5,52)16-9-10-28(2)38-29(3)11-12-34(42(6,53-7)17-15-31(46)26-37(50)57-38)56-40(51)44-20-18-43(19-21-44)22-24-54-25-23-45-35(48)13-14-36(45)49/h9-14,16,29-34,38-39,46-47,52H,8,15,17-27H2,1-7H3/b12-11+,16-9+,28-10+/t29-,30+,31+,32-,33-,34+,38+,39-,41-,42+/m0/s1. The summed E-state index contributed by atoms with van der Waals surface area (Å²) in [7, 11) is 1.53. The third kappa shape index (κ3) is 13.6. The van der Waals surface area contributed by atoms with Gasteiger partial charge in [0.05, 0.1) is 56.2 Å². The molecular weight excluding hydrogens is 738 g/mol. The molecule has 15 heteroatoms. The lowest BCUT2D eigenvalue weighted by Gasteiger charge is -2.38. The van der Waals surface area contributed by atoms with Crippen molar-refractivity contribution in [1.82, 2.24) is 14.7 Å². The van der Waals surface area contributed by atoms with Crippen molar-refractivity contribution in [3.8, 4) is 0 Å². The van der Waals surface area contributed by atoms with Gasteiger partial charge in [0.25, 0.3) is 11.8 Å². The number of allylic oxidation sites excluding steroid dienone is 2. The maximum atomic E-state index is 13.6. The summed E-state index contributed by atoms with van der Waals surface area (Å²) in [5.74, 6) is -1.61. The number of ether oxygens (including phenoxy) is 5. The number of imide groups is 1. The second kappa shape index (κ2) is 21.0. The third-order valence-corrected chi connectivity index (χ3v) is 11.6. The van der Waals surface area contributed by atoms with E-state index in [0.29, 0.717) is 64.2 Å². The van der Waals surface area contributed by atoms with Crippen LogP contribution in [-0.2, 0) is 38.1 Å². The summed E-state index contributed by atoms with van der Waals surface area (Å²) in [4.78, 5) is 55.0. The van der Waals surface area contributed by atoms with Crippen molar-refractivity contribution >= 4 is 23.9 Å². The van der Waals surface area contributed by atoms with Gasteiger partial charge < -0.3 is 43.9 Å². The number of methoxy groups -OCH3 is 1. The van der Waals surface area contributed by atoms with Gasteiger partial charge in [0.1, 0.15) is 11.7 Å². The lowest BCUT2D eigenvalue weighted by atomic mass is 9.88. The van der Waals surface area contributed by atoms with Crippen LogP contribution in [0, 0.1) is 11.8 Å². The van der Waals surface area contributed by atoms with E-state index >= 15 is 0 Å². The van der Waals surface area contributed by atoms with Crippen LogP contribution < -0.4 is 0 Å². The van der Waals surface area contributed by atoms with Gasteiger partial charge in [0.2, 0.25) is 0 Å². The van der Waals surface area contributed by atoms with E-state index in [-0.39, 0.29) is 61.9 Å². The highest BCUT2D eigenvalue weighted by molar-refractivity contribution is 6.12. The molecule has 10 atom stereocenters. The van der Waals surface area contributed by atoms with Gasteiger partial charge in [-0.25, -0.2) is 4.79 Å². The van der Waals surface area contributed by atoms with Crippen molar-refractivity contribution in [2.75, 3.05) is 59.6 Å². The number of piperazine rings is 1. The Morgan fingerprint density at radius 1 is 1.11 bits per heavy atom. The summed E-state index contributed by atoms with van der Waals surface area (Å²) in [5.41, 5.74) is -1.48. The third-order valence-electron chi connectivity index (χ3n) is 11.6. The number of hydrogen-bond donors (Lipinski definition) is 3. The maximum absolute atomic E-state index is 13.6. The van der Waals surface area contributed by atoms with Crippen LogP contribution in [0.25, 0.3) is 0 Å². The average molecular weight is 804 g/mol. The van der Waals surface area contributed by atoms with Crippen molar-refractivity contribution in [3.05, 3.63) is 48.1 Å². The number of cyclic esters (lactones) is 1. The van der Waals surface area contributed by atoms with Gasteiger partial charge in [0.15, 0.2) is 6.10 Å². The molecule has 4 aliphatic rings. The first-order chi connectivity index (χ1) is 27.0. The van der Waals surface area contributed by atoms with Gasteiger partial charge in [-0.2, -0.15) is 0 Å². The molecule has 4 rings (SSSR count). The lowest BCUT2D eigenvalue weighted by Crippen LogP contribution is -2.52. The quantitative estimate of drug-likeness (QED) is 0.0517. The van der Waals surface area contributed by atoms with Gasteiger partial charge in [0, 0.05) is 70.2 Å². The van der Waals surface area contributed by atoms with E-state index in [9.17, 15) is 34.5 Å². The molecule has 57 heavy (non-hydrogen) atoms. The summed E-state index contributed by atoms with van der Waals surface area (Å²) in [6.07, 6.45) is 8.86. The Morgan fingerprint density at radius 2 is 1.77 bits per heavy atom. The molecule has 2 saturated heterocycles. The molecule has 15 nitrogen and oxygen atoms in total. The molecule has 320 valence electrons. The highest BCUT2D eigenvalue weighted by atomic mass is 16.6. The summed E-state index contributed by atoms with van der Waals surface area (Å²) >= 11 is 0. The highest BCUT2D eigenvalue weighted by Gasteiger charge is 2.47. The van der Waals surface area contributed by atoms with Crippen molar-refractivity contribution in [2.45, 2.75) is 121 Å². The zero-order valence-corrected chi connectivity index (χ0v) is 34.7. The summed E-state index contributed by atoms with van der Waals surface area (Å²) < 4.78 is 29.4. The van der Waals surface area contributed by atoms with Gasteiger partial charge >= 0.3 is 12.1 Å². The molecule has 3 N–H and O–H groups in total. The predicted octanol–water partition coefficient (Wildman–Crippen LogP) is 2.92. The molecule has 4 aliphatic heterocycles. The minimum Gasteiger partial charge on any atom is -0.457 e. The lowest BCUT2D eigenvalue weighted by molar-refractivity contribution is -0.151. The molecule has 0 aromatic carbocycles. The fraction of sp³-hybridized carbons (Fsp3) is 0.714. The second-order valence-corrected chi connectivity index (χ2v) is 16.3. The number of amides is 3. The van der Waals surface area contributed by atoms with Gasteiger partial charge in [-0.05, 0) is 51.7 Å². The molecule has 0 unspecified atom stereocenters. The topological polar surface area (TPSA) is 188 Å². The Hall–Kier alpha value is -3.44. The number of nitrogens with zero attached hydrogens (tertiary/aromatic N) is 3. The summed E-state index contributed by atoms with van der Waals surface area (Å²) in [5, 5.41) is 32.1. The van der Waals surface area contributed by atoms with E-state index in [1.165, 1.54) is 19.3 Å². The Labute approximate surface area is 337 Å². The molecule has 2 fully saturated rings. The maximum Gasteiger partial charge on any atom is 0.410 e. The first kappa shape index (κ1) is 46.3. The van der Waals surface area contributed by atoms with Gasteiger partial charge in [-0.1, -0.05) is 45.1 Å². The number of esters is 1.